The Morgan fingerprint density at radius 3 is 2.31 bits per heavy atom. The third-order valence-corrected chi connectivity index (χ3v) is 9.16. The Bertz CT molecular complexity index is 1370. The number of halogens is 2. The van der Waals surface area contributed by atoms with E-state index in [9.17, 15) is 13.2 Å². The summed E-state index contributed by atoms with van der Waals surface area (Å²) in [6, 6.07) is 16.5. The van der Waals surface area contributed by atoms with Crippen molar-refractivity contribution < 1.29 is 13.2 Å². The lowest BCUT2D eigenvalue weighted by Crippen LogP contribution is -2.45. The molecule has 0 spiro atoms. The van der Waals surface area contributed by atoms with E-state index < -0.39 is 10.0 Å². The molecule has 35 heavy (non-hydrogen) atoms. The predicted octanol–water partition coefficient (Wildman–Crippen LogP) is 6.20. The maximum absolute atomic E-state index is 14.0. The van der Waals surface area contributed by atoms with Crippen molar-refractivity contribution in [1.29, 1.82) is 0 Å². The fourth-order valence-corrected chi connectivity index (χ4v) is 7.25. The number of aryl methyl sites for hydroxylation is 3. The predicted molar refractivity (Wildman–Crippen MR) is 144 cm³/mol. The van der Waals surface area contributed by atoms with E-state index in [0.717, 1.165) is 33.3 Å². The van der Waals surface area contributed by atoms with Gasteiger partial charge in [0.05, 0.1) is 11.4 Å². The number of fused-ring (bicyclic) bond motifs is 1. The standard InChI is InChI=1S/C27H28BrClN2O3S/c1-17-11-18(2)27(19(3)12-17)35(33,34)30(15-21-5-8-24(29)9-6-21)16-26(32)31-20(4)13-22-14-23(28)7-10-25(22)31/h5-12,14,20H,13,15-16H2,1-4H3/t20-/m0/s1. The Morgan fingerprint density at radius 1 is 1.06 bits per heavy atom. The van der Waals surface area contributed by atoms with E-state index in [2.05, 4.69) is 15.9 Å². The average molecular weight is 576 g/mol. The Hall–Kier alpha value is -2.19. The van der Waals surface area contributed by atoms with Crippen molar-refractivity contribution in [2.45, 2.75) is 51.6 Å². The molecule has 1 aliphatic heterocycles. The maximum Gasteiger partial charge on any atom is 0.244 e. The molecule has 0 aliphatic carbocycles. The summed E-state index contributed by atoms with van der Waals surface area (Å²) in [5.74, 6) is -0.251. The second kappa shape index (κ2) is 10.1. The molecule has 1 amide bonds. The normalized spacial score (nSPS) is 15.5. The number of rotatable bonds is 6. The van der Waals surface area contributed by atoms with Gasteiger partial charge in [0, 0.05) is 27.8 Å². The van der Waals surface area contributed by atoms with Crippen LogP contribution in [-0.4, -0.2) is 31.2 Å². The highest BCUT2D eigenvalue weighted by Crippen LogP contribution is 2.35. The van der Waals surface area contributed by atoms with E-state index in [4.69, 9.17) is 11.6 Å². The lowest BCUT2D eigenvalue weighted by molar-refractivity contribution is -0.119. The fourth-order valence-electron chi connectivity index (χ4n) is 4.93. The first-order valence-corrected chi connectivity index (χ1v) is 14.0. The van der Waals surface area contributed by atoms with Crippen molar-refractivity contribution in [2.24, 2.45) is 0 Å². The van der Waals surface area contributed by atoms with Crippen LogP contribution >= 0.6 is 27.5 Å². The first-order valence-electron chi connectivity index (χ1n) is 11.4. The summed E-state index contributed by atoms with van der Waals surface area (Å²) in [5, 5.41) is 0.568. The molecule has 184 valence electrons. The zero-order valence-electron chi connectivity index (χ0n) is 20.2. The summed E-state index contributed by atoms with van der Waals surface area (Å²) in [4.78, 5) is 15.6. The van der Waals surface area contributed by atoms with Crippen LogP contribution in [-0.2, 0) is 27.8 Å². The van der Waals surface area contributed by atoms with Crippen molar-refractivity contribution in [3.05, 3.63) is 91.9 Å². The Balaban J connectivity index is 1.73. The molecule has 1 atom stereocenters. The zero-order valence-corrected chi connectivity index (χ0v) is 23.3. The van der Waals surface area contributed by atoms with E-state index in [0.29, 0.717) is 16.1 Å². The Morgan fingerprint density at radius 2 is 1.69 bits per heavy atom. The van der Waals surface area contributed by atoms with Gasteiger partial charge in [-0.05, 0) is 86.7 Å². The van der Waals surface area contributed by atoms with Crippen molar-refractivity contribution in [2.75, 3.05) is 11.4 Å². The highest BCUT2D eigenvalue weighted by molar-refractivity contribution is 9.10. The number of sulfonamides is 1. The number of amides is 1. The number of hydrogen-bond donors (Lipinski definition) is 0. The molecule has 0 bridgehead atoms. The summed E-state index contributed by atoms with van der Waals surface area (Å²) in [6.07, 6.45) is 0.723. The van der Waals surface area contributed by atoms with E-state index in [-0.39, 0.29) is 29.9 Å². The van der Waals surface area contributed by atoms with Crippen LogP contribution in [0.2, 0.25) is 5.02 Å². The van der Waals surface area contributed by atoms with Gasteiger partial charge in [0.1, 0.15) is 0 Å². The molecule has 0 aromatic heterocycles. The molecule has 5 nitrogen and oxygen atoms in total. The number of benzene rings is 3. The summed E-state index contributed by atoms with van der Waals surface area (Å²) in [6.45, 7) is 7.32. The van der Waals surface area contributed by atoms with Crippen LogP contribution in [0.4, 0.5) is 5.69 Å². The second-order valence-electron chi connectivity index (χ2n) is 9.22. The van der Waals surface area contributed by atoms with Gasteiger partial charge >= 0.3 is 0 Å². The van der Waals surface area contributed by atoms with Crippen LogP contribution in [0.1, 0.15) is 34.7 Å². The first-order chi connectivity index (χ1) is 16.5. The lowest BCUT2D eigenvalue weighted by Gasteiger charge is -2.28. The van der Waals surface area contributed by atoms with Gasteiger partial charge in [0.2, 0.25) is 15.9 Å². The van der Waals surface area contributed by atoms with Crippen LogP contribution in [0.15, 0.2) is 64.0 Å². The number of nitrogens with zero attached hydrogens (tertiary/aromatic N) is 2. The maximum atomic E-state index is 14.0. The van der Waals surface area contributed by atoms with Gasteiger partial charge in [-0.1, -0.05) is 57.4 Å². The largest absolute Gasteiger partial charge is 0.308 e. The molecule has 3 aromatic rings. The smallest absolute Gasteiger partial charge is 0.244 e. The second-order valence-corrected chi connectivity index (χ2v) is 12.4. The molecular weight excluding hydrogens is 548 g/mol. The summed E-state index contributed by atoms with van der Waals surface area (Å²) >= 11 is 9.53. The molecule has 0 saturated carbocycles. The van der Waals surface area contributed by atoms with Gasteiger partial charge in [-0.3, -0.25) is 4.79 Å². The molecular formula is C27H28BrClN2O3S. The third kappa shape index (κ3) is 5.33. The zero-order chi connectivity index (χ0) is 25.5. The monoisotopic (exact) mass is 574 g/mol. The van der Waals surface area contributed by atoms with Gasteiger partial charge in [-0.25, -0.2) is 8.42 Å². The number of hydrogen-bond acceptors (Lipinski definition) is 3. The minimum Gasteiger partial charge on any atom is -0.308 e. The summed E-state index contributed by atoms with van der Waals surface area (Å²) < 4.78 is 30.2. The first kappa shape index (κ1) is 25.9. The van der Waals surface area contributed by atoms with E-state index in [1.54, 1.807) is 43.0 Å². The highest BCUT2D eigenvalue weighted by atomic mass is 79.9. The minimum absolute atomic E-state index is 0.0604. The summed E-state index contributed by atoms with van der Waals surface area (Å²) in [7, 11) is -3.97. The van der Waals surface area contributed by atoms with Gasteiger partial charge in [0.15, 0.2) is 0 Å². The van der Waals surface area contributed by atoms with E-state index >= 15 is 0 Å². The molecule has 0 N–H and O–H groups in total. The molecule has 1 heterocycles. The van der Waals surface area contributed by atoms with Gasteiger partial charge < -0.3 is 4.90 Å². The molecule has 0 fully saturated rings. The van der Waals surface area contributed by atoms with Crippen molar-refractivity contribution in [1.82, 2.24) is 4.31 Å². The fraction of sp³-hybridized carbons (Fsp3) is 0.296. The average Bonchev–Trinajstić information content (AvgIpc) is 3.08. The Labute approximate surface area is 220 Å². The summed E-state index contributed by atoms with van der Waals surface area (Å²) in [5.41, 5.74) is 4.98. The molecule has 0 saturated heterocycles. The molecule has 1 aliphatic rings. The quantitative estimate of drug-likeness (QED) is 0.352. The van der Waals surface area contributed by atoms with Crippen LogP contribution in [0.25, 0.3) is 0 Å². The van der Waals surface area contributed by atoms with Gasteiger partial charge in [0.25, 0.3) is 0 Å². The van der Waals surface area contributed by atoms with Crippen molar-refractivity contribution in [3.63, 3.8) is 0 Å². The van der Waals surface area contributed by atoms with Crippen LogP contribution in [0, 0.1) is 20.8 Å². The van der Waals surface area contributed by atoms with Crippen LogP contribution in [0.3, 0.4) is 0 Å². The Kier molecular flexibility index (Phi) is 7.44. The van der Waals surface area contributed by atoms with Crippen molar-refractivity contribution >= 4 is 49.1 Å². The molecule has 8 heteroatoms. The number of carbonyl (C=O) groups is 1. The SMILES string of the molecule is Cc1cc(C)c(S(=O)(=O)N(CC(=O)N2c3ccc(Br)cc3C[C@@H]2C)Cc2ccc(Cl)cc2)c(C)c1. The molecule has 0 unspecified atom stereocenters. The minimum atomic E-state index is -3.97. The van der Waals surface area contributed by atoms with Gasteiger partial charge in [-0.2, -0.15) is 4.31 Å². The van der Waals surface area contributed by atoms with E-state index in [1.807, 2.05) is 44.2 Å². The van der Waals surface area contributed by atoms with Crippen LogP contribution < -0.4 is 4.90 Å². The van der Waals surface area contributed by atoms with Crippen LogP contribution in [0.5, 0.6) is 0 Å². The number of carbonyl (C=O) groups excluding carboxylic acids is 1. The molecule has 4 rings (SSSR count). The van der Waals surface area contributed by atoms with Crippen molar-refractivity contribution in [3.8, 4) is 0 Å². The molecule has 3 aromatic carbocycles. The highest BCUT2D eigenvalue weighted by Gasteiger charge is 2.35. The number of anilines is 1. The lowest BCUT2D eigenvalue weighted by atomic mass is 10.1. The van der Waals surface area contributed by atoms with Gasteiger partial charge in [-0.15, -0.1) is 0 Å². The van der Waals surface area contributed by atoms with E-state index in [1.165, 1.54) is 4.31 Å². The topological polar surface area (TPSA) is 57.7 Å². The molecule has 0 radical (unpaired) electrons. The third-order valence-electron chi connectivity index (χ3n) is 6.31.